The van der Waals surface area contributed by atoms with Crippen LogP contribution >= 0.6 is 0 Å². The van der Waals surface area contributed by atoms with Crippen molar-refractivity contribution in [2.45, 2.75) is 46.6 Å². The molecule has 0 fully saturated rings. The van der Waals surface area contributed by atoms with Gasteiger partial charge in [-0.2, -0.15) is 5.10 Å². The molecular weight excluding hydrogens is 242 g/mol. The van der Waals surface area contributed by atoms with Crippen LogP contribution in [0.5, 0.6) is 0 Å². The molecule has 1 aromatic rings. The molecule has 0 atom stereocenters. The van der Waals surface area contributed by atoms with Gasteiger partial charge in [0.05, 0.1) is 5.69 Å². The number of ether oxygens (including phenoxy) is 1. The maximum absolute atomic E-state index is 11.5. The van der Waals surface area contributed by atoms with E-state index < -0.39 is 0 Å². The van der Waals surface area contributed by atoms with Crippen LogP contribution in [-0.2, 0) is 16.1 Å². The predicted molar refractivity (Wildman–Crippen MR) is 75.1 cm³/mol. The van der Waals surface area contributed by atoms with Crippen LogP contribution in [0.4, 0.5) is 0 Å². The summed E-state index contributed by atoms with van der Waals surface area (Å²) >= 11 is 0. The van der Waals surface area contributed by atoms with Crippen LogP contribution in [-0.4, -0.2) is 35.4 Å². The highest BCUT2D eigenvalue weighted by Gasteiger charge is 2.02. The first kappa shape index (κ1) is 15.7. The van der Waals surface area contributed by atoms with Gasteiger partial charge in [0, 0.05) is 38.4 Å². The van der Waals surface area contributed by atoms with Crippen LogP contribution in [0.2, 0.25) is 0 Å². The minimum atomic E-state index is 0.105. The molecule has 0 saturated carbocycles. The van der Waals surface area contributed by atoms with E-state index in [1.807, 2.05) is 25.5 Å². The summed E-state index contributed by atoms with van der Waals surface area (Å²) in [5.74, 6) is 0.105. The molecule has 108 valence electrons. The molecule has 0 bridgehead atoms. The first-order chi connectivity index (χ1) is 9.13. The summed E-state index contributed by atoms with van der Waals surface area (Å²) in [6.45, 7) is 8.92. The van der Waals surface area contributed by atoms with Gasteiger partial charge in [0.1, 0.15) is 0 Å². The number of aromatic nitrogens is 2. The van der Waals surface area contributed by atoms with E-state index in [9.17, 15) is 4.79 Å². The Balaban J connectivity index is 2.07. The second-order valence-electron chi connectivity index (χ2n) is 4.65. The second-order valence-corrected chi connectivity index (χ2v) is 4.65. The summed E-state index contributed by atoms with van der Waals surface area (Å²) in [5.41, 5.74) is 2.21. The van der Waals surface area contributed by atoms with Gasteiger partial charge in [0.2, 0.25) is 5.91 Å². The van der Waals surface area contributed by atoms with Crippen molar-refractivity contribution in [1.82, 2.24) is 15.1 Å². The molecule has 5 heteroatoms. The third kappa shape index (κ3) is 6.38. The molecule has 0 aromatic carbocycles. The zero-order valence-corrected chi connectivity index (χ0v) is 12.2. The first-order valence-electron chi connectivity index (χ1n) is 6.99. The van der Waals surface area contributed by atoms with Gasteiger partial charge in [-0.05, 0) is 39.7 Å². The van der Waals surface area contributed by atoms with E-state index in [-0.39, 0.29) is 5.91 Å². The highest BCUT2D eigenvalue weighted by Crippen LogP contribution is 2.02. The molecule has 1 N–H and O–H groups in total. The highest BCUT2D eigenvalue weighted by molar-refractivity contribution is 5.75. The van der Waals surface area contributed by atoms with Gasteiger partial charge in [0.15, 0.2) is 0 Å². The fourth-order valence-electron chi connectivity index (χ4n) is 1.93. The number of carbonyl (C=O) groups is 1. The molecule has 1 heterocycles. The zero-order chi connectivity index (χ0) is 14.1. The fourth-order valence-corrected chi connectivity index (χ4v) is 1.93. The van der Waals surface area contributed by atoms with Gasteiger partial charge < -0.3 is 10.1 Å². The van der Waals surface area contributed by atoms with Crippen molar-refractivity contribution < 1.29 is 9.53 Å². The number of aryl methyl sites for hydroxylation is 3. The average molecular weight is 267 g/mol. The normalized spacial score (nSPS) is 10.7. The lowest BCUT2D eigenvalue weighted by molar-refractivity contribution is -0.121. The van der Waals surface area contributed by atoms with Crippen LogP contribution in [0.25, 0.3) is 0 Å². The Morgan fingerprint density at radius 2 is 2.21 bits per heavy atom. The lowest BCUT2D eigenvalue weighted by atomic mass is 10.3. The third-order valence-electron chi connectivity index (χ3n) is 2.87. The topological polar surface area (TPSA) is 56.1 Å². The molecule has 0 aliphatic rings. The van der Waals surface area contributed by atoms with Gasteiger partial charge in [-0.1, -0.05) is 0 Å². The van der Waals surface area contributed by atoms with Crippen LogP contribution in [0, 0.1) is 13.8 Å². The van der Waals surface area contributed by atoms with Crippen LogP contribution in [0.3, 0.4) is 0 Å². The number of nitrogens with one attached hydrogen (secondary N) is 1. The van der Waals surface area contributed by atoms with E-state index in [2.05, 4.69) is 16.5 Å². The largest absolute Gasteiger partial charge is 0.382 e. The number of hydrogen-bond donors (Lipinski definition) is 1. The Morgan fingerprint density at radius 3 is 2.84 bits per heavy atom. The molecule has 1 amide bonds. The monoisotopic (exact) mass is 267 g/mol. The van der Waals surface area contributed by atoms with Crippen molar-refractivity contribution in [3.63, 3.8) is 0 Å². The number of rotatable bonds is 9. The summed E-state index contributed by atoms with van der Waals surface area (Å²) in [6.07, 6.45) is 2.23. The number of amides is 1. The van der Waals surface area contributed by atoms with E-state index in [0.29, 0.717) is 26.2 Å². The molecule has 1 aromatic heterocycles. The molecule has 0 aliphatic carbocycles. The van der Waals surface area contributed by atoms with Crippen molar-refractivity contribution >= 4 is 5.91 Å². The fraction of sp³-hybridized carbons (Fsp3) is 0.714. The molecule has 0 unspecified atom stereocenters. The third-order valence-corrected chi connectivity index (χ3v) is 2.87. The molecule has 1 rings (SSSR count). The summed E-state index contributed by atoms with van der Waals surface area (Å²) in [5, 5.41) is 7.30. The summed E-state index contributed by atoms with van der Waals surface area (Å²) < 4.78 is 7.17. The Kier molecular flexibility index (Phi) is 7.18. The minimum absolute atomic E-state index is 0.105. The standard InChI is InChI=1S/C14H25N3O2/c1-4-19-10-5-7-14(18)15-8-6-9-17-13(3)11-12(2)16-17/h11H,4-10H2,1-3H3,(H,15,18). The first-order valence-corrected chi connectivity index (χ1v) is 6.99. The van der Waals surface area contributed by atoms with Crippen molar-refractivity contribution in [1.29, 1.82) is 0 Å². The molecule has 0 spiro atoms. The lowest BCUT2D eigenvalue weighted by Crippen LogP contribution is -2.25. The highest BCUT2D eigenvalue weighted by atomic mass is 16.5. The molecule has 0 radical (unpaired) electrons. The molecule has 0 aliphatic heterocycles. The molecule has 0 saturated heterocycles. The van der Waals surface area contributed by atoms with Crippen molar-refractivity contribution in [2.75, 3.05) is 19.8 Å². The van der Waals surface area contributed by atoms with Crippen LogP contribution in [0.1, 0.15) is 37.6 Å². The quantitative estimate of drug-likeness (QED) is 0.694. The van der Waals surface area contributed by atoms with Gasteiger partial charge in [-0.15, -0.1) is 0 Å². The summed E-state index contributed by atoms with van der Waals surface area (Å²) in [6, 6.07) is 2.06. The summed E-state index contributed by atoms with van der Waals surface area (Å²) in [7, 11) is 0. The second kappa shape index (κ2) is 8.69. The Morgan fingerprint density at radius 1 is 1.42 bits per heavy atom. The van der Waals surface area contributed by atoms with E-state index >= 15 is 0 Å². The van der Waals surface area contributed by atoms with Crippen LogP contribution in [0.15, 0.2) is 6.07 Å². The zero-order valence-electron chi connectivity index (χ0n) is 12.2. The Hall–Kier alpha value is -1.36. The smallest absolute Gasteiger partial charge is 0.220 e. The van der Waals surface area contributed by atoms with Crippen molar-refractivity contribution in [2.24, 2.45) is 0 Å². The Labute approximate surface area is 115 Å². The Bertz CT molecular complexity index is 388. The SMILES string of the molecule is CCOCCCC(=O)NCCCn1nc(C)cc1C. The van der Waals surface area contributed by atoms with Gasteiger partial charge in [-0.3, -0.25) is 9.48 Å². The number of nitrogens with zero attached hydrogens (tertiary/aromatic N) is 2. The lowest BCUT2D eigenvalue weighted by Gasteiger charge is -2.06. The average Bonchev–Trinajstić information content (AvgIpc) is 2.69. The van der Waals surface area contributed by atoms with Crippen molar-refractivity contribution in [3.05, 3.63) is 17.5 Å². The van der Waals surface area contributed by atoms with Crippen LogP contribution < -0.4 is 5.32 Å². The van der Waals surface area contributed by atoms with E-state index in [0.717, 1.165) is 25.1 Å². The maximum atomic E-state index is 11.5. The number of carbonyl (C=O) groups excluding carboxylic acids is 1. The maximum Gasteiger partial charge on any atom is 0.220 e. The molecule has 19 heavy (non-hydrogen) atoms. The van der Waals surface area contributed by atoms with E-state index in [4.69, 9.17) is 4.74 Å². The molecule has 5 nitrogen and oxygen atoms in total. The van der Waals surface area contributed by atoms with Gasteiger partial charge in [-0.25, -0.2) is 0 Å². The molecular formula is C14H25N3O2. The predicted octanol–water partition coefficient (Wildman–Crippen LogP) is 1.82. The minimum Gasteiger partial charge on any atom is -0.382 e. The van der Waals surface area contributed by atoms with Gasteiger partial charge in [0.25, 0.3) is 0 Å². The van der Waals surface area contributed by atoms with E-state index in [1.165, 1.54) is 5.69 Å². The van der Waals surface area contributed by atoms with Gasteiger partial charge >= 0.3 is 0 Å². The number of hydrogen-bond acceptors (Lipinski definition) is 3. The van der Waals surface area contributed by atoms with E-state index in [1.54, 1.807) is 0 Å². The van der Waals surface area contributed by atoms with Crippen molar-refractivity contribution in [3.8, 4) is 0 Å². The summed E-state index contributed by atoms with van der Waals surface area (Å²) in [4.78, 5) is 11.5.